The molecule has 0 atom stereocenters. The molecule has 0 unspecified atom stereocenters. The summed E-state index contributed by atoms with van der Waals surface area (Å²) in [6.07, 6.45) is 0. The van der Waals surface area contributed by atoms with Crippen LogP contribution in [-0.2, 0) is 0 Å². The Hall–Kier alpha value is -3.51. The first-order chi connectivity index (χ1) is 12.8. The summed E-state index contributed by atoms with van der Waals surface area (Å²) < 4.78 is 5.11. The molecule has 26 heavy (non-hydrogen) atoms. The van der Waals surface area contributed by atoms with Crippen LogP contribution in [0.25, 0.3) is 11.1 Å². The van der Waals surface area contributed by atoms with Gasteiger partial charge in [0.2, 0.25) is 0 Å². The molecule has 3 aromatic carbocycles. The fraction of sp³-hybridized carbons (Fsp3) is 0.0870. The third-order valence-corrected chi connectivity index (χ3v) is 3.91. The molecule has 0 aliphatic rings. The smallest absolute Gasteiger partial charge is 0.252 e. The molecule has 3 nitrogen and oxygen atoms in total. The second-order valence-corrected chi connectivity index (χ2v) is 5.66. The van der Waals surface area contributed by atoms with Gasteiger partial charge >= 0.3 is 0 Å². The fourth-order valence-electron chi connectivity index (χ4n) is 2.49. The number of carbonyl (C=O) groups excluding carboxylic acids is 1. The van der Waals surface area contributed by atoms with Crippen molar-refractivity contribution in [3.8, 4) is 28.7 Å². The standard InChI is InChI=1S/C23H19NO2/c1-26-22-15-9-18(10-16-22)6-5-17-24-23(25)21-13-11-20(12-14-21)19-7-3-2-4-8-19/h2-4,7-16H,17H2,1H3,(H,24,25). The van der Waals surface area contributed by atoms with E-state index >= 15 is 0 Å². The summed E-state index contributed by atoms with van der Waals surface area (Å²) in [5.74, 6) is 6.63. The average Bonchev–Trinajstić information content (AvgIpc) is 2.72. The number of methoxy groups -OCH3 is 1. The number of hydrogen-bond donors (Lipinski definition) is 1. The van der Waals surface area contributed by atoms with Crippen LogP contribution in [0.15, 0.2) is 78.9 Å². The van der Waals surface area contributed by atoms with Crippen LogP contribution >= 0.6 is 0 Å². The first-order valence-corrected chi connectivity index (χ1v) is 8.33. The molecule has 0 aromatic heterocycles. The molecular formula is C23H19NO2. The molecule has 0 fully saturated rings. The summed E-state index contributed by atoms with van der Waals surface area (Å²) in [5.41, 5.74) is 3.72. The third kappa shape index (κ3) is 4.52. The molecule has 3 aromatic rings. The largest absolute Gasteiger partial charge is 0.497 e. The Morgan fingerprint density at radius 2 is 1.54 bits per heavy atom. The lowest BCUT2D eigenvalue weighted by Crippen LogP contribution is -2.23. The lowest BCUT2D eigenvalue weighted by molar-refractivity contribution is 0.0958. The SMILES string of the molecule is COc1ccc(C#CCNC(=O)c2ccc(-c3ccccc3)cc2)cc1. The first-order valence-electron chi connectivity index (χ1n) is 8.33. The molecule has 0 saturated carbocycles. The van der Waals surface area contributed by atoms with E-state index in [1.54, 1.807) is 7.11 Å². The van der Waals surface area contributed by atoms with E-state index in [2.05, 4.69) is 17.2 Å². The normalized spacial score (nSPS) is 9.73. The van der Waals surface area contributed by atoms with Crippen LogP contribution in [0.2, 0.25) is 0 Å². The van der Waals surface area contributed by atoms with Crippen molar-refractivity contribution in [2.75, 3.05) is 13.7 Å². The van der Waals surface area contributed by atoms with Gasteiger partial charge in [-0.3, -0.25) is 4.79 Å². The van der Waals surface area contributed by atoms with Gasteiger partial charge in [0.15, 0.2) is 0 Å². The zero-order valence-electron chi connectivity index (χ0n) is 14.5. The second kappa shape index (κ2) is 8.55. The van der Waals surface area contributed by atoms with Crippen molar-refractivity contribution >= 4 is 5.91 Å². The maximum atomic E-state index is 12.2. The summed E-state index contributed by atoms with van der Waals surface area (Å²) in [6.45, 7) is 0.297. The number of ether oxygens (including phenoxy) is 1. The zero-order chi connectivity index (χ0) is 18.2. The van der Waals surface area contributed by atoms with Crippen LogP contribution < -0.4 is 10.1 Å². The van der Waals surface area contributed by atoms with E-state index in [-0.39, 0.29) is 5.91 Å². The van der Waals surface area contributed by atoms with Gasteiger partial charge in [-0.15, -0.1) is 0 Å². The van der Waals surface area contributed by atoms with E-state index in [0.29, 0.717) is 12.1 Å². The van der Waals surface area contributed by atoms with Gasteiger partial charge < -0.3 is 10.1 Å². The molecule has 0 heterocycles. The minimum Gasteiger partial charge on any atom is -0.497 e. The molecule has 0 saturated heterocycles. The monoisotopic (exact) mass is 341 g/mol. The zero-order valence-corrected chi connectivity index (χ0v) is 14.5. The molecule has 0 spiro atoms. The molecule has 1 N–H and O–H groups in total. The van der Waals surface area contributed by atoms with Gasteiger partial charge in [-0.1, -0.05) is 54.3 Å². The Labute approximate surface area is 153 Å². The highest BCUT2D eigenvalue weighted by molar-refractivity contribution is 5.94. The maximum absolute atomic E-state index is 12.2. The van der Waals surface area contributed by atoms with Crippen LogP contribution in [0, 0.1) is 11.8 Å². The van der Waals surface area contributed by atoms with E-state index in [1.807, 2.05) is 78.9 Å². The van der Waals surface area contributed by atoms with E-state index < -0.39 is 0 Å². The van der Waals surface area contributed by atoms with E-state index in [4.69, 9.17) is 4.74 Å². The van der Waals surface area contributed by atoms with Crippen molar-refractivity contribution in [1.82, 2.24) is 5.32 Å². The predicted octanol–water partition coefficient (Wildman–Crippen LogP) is 4.14. The van der Waals surface area contributed by atoms with Crippen molar-refractivity contribution in [3.63, 3.8) is 0 Å². The molecule has 0 radical (unpaired) electrons. The highest BCUT2D eigenvalue weighted by Crippen LogP contribution is 2.19. The van der Waals surface area contributed by atoms with Crippen molar-refractivity contribution < 1.29 is 9.53 Å². The number of rotatable bonds is 4. The average molecular weight is 341 g/mol. The molecular weight excluding hydrogens is 322 g/mol. The molecule has 0 bridgehead atoms. The van der Waals surface area contributed by atoms with E-state index in [9.17, 15) is 4.79 Å². The Balaban J connectivity index is 1.56. The number of carbonyl (C=O) groups is 1. The van der Waals surface area contributed by atoms with Gasteiger partial charge in [-0.05, 0) is 47.5 Å². The van der Waals surface area contributed by atoms with E-state index in [0.717, 1.165) is 22.4 Å². The quantitative estimate of drug-likeness (QED) is 0.724. The molecule has 3 heteroatoms. The van der Waals surface area contributed by atoms with Gasteiger partial charge in [0.25, 0.3) is 5.91 Å². The van der Waals surface area contributed by atoms with Crippen LogP contribution in [-0.4, -0.2) is 19.6 Å². The summed E-state index contributed by atoms with van der Waals surface area (Å²) in [7, 11) is 1.63. The van der Waals surface area contributed by atoms with Gasteiger partial charge in [0.1, 0.15) is 5.75 Å². The van der Waals surface area contributed by atoms with E-state index in [1.165, 1.54) is 0 Å². The fourth-order valence-corrected chi connectivity index (χ4v) is 2.49. The molecule has 3 rings (SSSR count). The molecule has 0 aliphatic carbocycles. The highest BCUT2D eigenvalue weighted by atomic mass is 16.5. The summed E-state index contributed by atoms with van der Waals surface area (Å²) in [5, 5.41) is 2.81. The third-order valence-electron chi connectivity index (χ3n) is 3.91. The van der Waals surface area contributed by atoms with Gasteiger partial charge in [-0.2, -0.15) is 0 Å². The maximum Gasteiger partial charge on any atom is 0.252 e. The number of nitrogens with one attached hydrogen (secondary N) is 1. The minimum absolute atomic E-state index is 0.131. The van der Waals surface area contributed by atoms with Crippen molar-refractivity contribution in [3.05, 3.63) is 90.0 Å². The lowest BCUT2D eigenvalue weighted by atomic mass is 10.0. The molecule has 1 amide bonds. The molecule has 0 aliphatic heterocycles. The second-order valence-electron chi connectivity index (χ2n) is 5.66. The van der Waals surface area contributed by atoms with Crippen molar-refractivity contribution in [2.45, 2.75) is 0 Å². The summed E-state index contributed by atoms with van der Waals surface area (Å²) >= 11 is 0. The Morgan fingerprint density at radius 3 is 2.19 bits per heavy atom. The number of benzene rings is 3. The minimum atomic E-state index is -0.131. The summed E-state index contributed by atoms with van der Waals surface area (Å²) in [4.78, 5) is 12.2. The summed E-state index contributed by atoms with van der Waals surface area (Å²) in [6, 6.07) is 25.1. The Kier molecular flexibility index (Phi) is 5.69. The Bertz CT molecular complexity index is 918. The van der Waals surface area contributed by atoms with Crippen LogP contribution in [0.5, 0.6) is 5.75 Å². The first kappa shape index (κ1) is 17.3. The van der Waals surface area contributed by atoms with Crippen LogP contribution in [0.3, 0.4) is 0 Å². The van der Waals surface area contributed by atoms with Crippen molar-refractivity contribution in [1.29, 1.82) is 0 Å². The predicted molar refractivity (Wildman–Crippen MR) is 104 cm³/mol. The highest BCUT2D eigenvalue weighted by Gasteiger charge is 2.04. The van der Waals surface area contributed by atoms with Crippen molar-refractivity contribution in [2.24, 2.45) is 0 Å². The molecule has 128 valence electrons. The lowest BCUT2D eigenvalue weighted by Gasteiger charge is -2.04. The number of amides is 1. The van der Waals surface area contributed by atoms with Crippen LogP contribution in [0.4, 0.5) is 0 Å². The van der Waals surface area contributed by atoms with Gasteiger partial charge in [0, 0.05) is 11.1 Å². The number of hydrogen-bond acceptors (Lipinski definition) is 2. The van der Waals surface area contributed by atoms with Crippen LogP contribution in [0.1, 0.15) is 15.9 Å². The Morgan fingerprint density at radius 1 is 0.885 bits per heavy atom. The van der Waals surface area contributed by atoms with Gasteiger partial charge in [-0.25, -0.2) is 0 Å². The van der Waals surface area contributed by atoms with Gasteiger partial charge in [0.05, 0.1) is 13.7 Å². The topological polar surface area (TPSA) is 38.3 Å².